The molecule has 0 spiro atoms. The Labute approximate surface area is 179 Å². The molecule has 0 atom stereocenters. The molecule has 1 N–H and O–H groups in total. The minimum Gasteiger partial charge on any atom is -0.350 e. The molecule has 2 aromatic rings. The standard InChI is InChI=1S/C20H21ClFN3O4S/c1-30(28,29)25(16-7-8-18(22)17(21)11-16)13-19(26)23-12-14-4-2-5-15(10-14)24-9-3-6-20(24)27/h2,4-5,7-8,10-11H,3,6,9,12-13H2,1H3,(H,23,26). The van der Waals surface area contributed by atoms with Crippen molar-refractivity contribution in [1.29, 1.82) is 0 Å². The van der Waals surface area contributed by atoms with Crippen molar-refractivity contribution in [1.82, 2.24) is 5.32 Å². The number of carbonyl (C=O) groups is 2. The zero-order chi connectivity index (χ0) is 21.9. The summed E-state index contributed by atoms with van der Waals surface area (Å²) in [6.07, 6.45) is 2.29. The van der Waals surface area contributed by atoms with Crippen LogP contribution in [0.1, 0.15) is 18.4 Å². The molecule has 1 heterocycles. The Kier molecular flexibility index (Phi) is 6.62. The summed E-state index contributed by atoms with van der Waals surface area (Å²) in [6.45, 7) is 0.347. The van der Waals surface area contributed by atoms with Crippen molar-refractivity contribution in [3.8, 4) is 0 Å². The highest BCUT2D eigenvalue weighted by Gasteiger charge is 2.23. The molecular weight excluding hydrogens is 433 g/mol. The maximum atomic E-state index is 13.4. The van der Waals surface area contributed by atoms with E-state index in [1.807, 2.05) is 12.1 Å². The van der Waals surface area contributed by atoms with Crippen LogP contribution in [0.5, 0.6) is 0 Å². The van der Waals surface area contributed by atoms with Crippen LogP contribution in [0, 0.1) is 5.82 Å². The lowest BCUT2D eigenvalue weighted by Gasteiger charge is -2.22. The average Bonchev–Trinajstić information content (AvgIpc) is 3.12. The van der Waals surface area contributed by atoms with Crippen molar-refractivity contribution >= 4 is 44.8 Å². The number of carbonyl (C=O) groups excluding carboxylic acids is 2. The highest BCUT2D eigenvalue weighted by atomic mass is 35.5. The van der Waals surface area contributed by atoms with Gasteiger partial charge in [0, 0.05) is 25.2 Å². The Morgan fingerprint density at radius 2 is 2.03 bits per heavy atom. The molecule has 1 saturated heterocycles. The number of halogens is 2. The van der Waals surface area contributed by atoms with Crippen LogP contribution in [0.15, 0.2) is 42.5 Å². The third-order valence-electron chi connectivity index (χ3n) is 4.66. The number of sulfonamides is 1. The van der Waals surface area contributed by atoms with Gasteiger partial charge in [0.15, 0.2) is 0 Å². The highest BCUT2D eigenvalue weighted by molar-refractivity contribution is 7.92. The van der Waals surface area contributed by atoms with Gasteiger partial charge in [-0.1, -0.05) is 23.7 Å². The van der Waals surface area contributed by atoms with E-state index in [9.17, 15) is 22.4 Å². The Morgan fingerprint density at radius 1 is 1.27 bits per heavy atom. The largest absolute Gasteiger partial charge is 0.350 e. The molecule has 0 aromatic heterocycles. The molecule has 1 aliphatic heterocycles. The van der Waals surface area contributed by atoms with E-state index in [0.717, 1.165) is 40.4 Å². The fraction of sp³-hybridized carbons (Fsp3) is 0.300. The van der Waals surface area contributed by atoms with Crippen LogP contribution in [-0.4, -0.2) is 39.6 Å². The smallest absolute Gasteiger partial charge is 0.241 e. The summed E-state index contributed by atoms with van der Waals surface area (Å²) < 4.78 is 38.5. The van der Waals surface area contributed by atoms with E-state index in [2.05, 4.69) is 5.32 Å². The second-order valence-corrected chi connectivity index (χ2v) is 9.28. The summed E-state index contributed by atoms with van der Waals surface area (Å²) >= 11 is 5.74. The number of hydrogen-bond donors (Lipinski definition) is 1. The number of hydrogen-bond acceptors (Lipinski definition) is 4. The van der Waals surface area contributed by atoms with Gasteiger partial charge in [-0.3, -0.25) is 13.9 Å². The molecule has 2 amide bonds. The van der Waals surface area contributed by atoms with Crippen LogP contribution in [0.3, 0.4) is 0 Å². The van der Waals surface area contributed by atoms with E-state index >= 15 is 0 Å². The van der Waals surface area contributed by atoms with Crippen LogP contribution < -0.4 is 14.5 Å². The number of anilines is 2. The number of nitrogens with one attached hydrogen (secondary N) is 1. The summed E-state index contributed by atoms with van der Waals surface area (Å²) in [5, 5.41) is 2.43. The molecule has 1 aliphatic rings. The van der Waals surface area contributed by atoms with Crippen molar-refractivity contribution in [2.75, 3.05) is 28.6 Å². The lowest BCUT2D eigenvalue weighted by molar-refractivity contribution is -0.120. The minimum atomic E-state index is -3.80. The third kappa shape index (κ3) is 5.28. The normalized spacial score (nSPS) is 14.1. The third-order valence-corrected chi connectivity index (χ3v) is 6.09. The molecule has 0 unspecified atom stereocenters. The zero-order valence-electron chi connectivity index (χ0n) is 16.3. The first-order valence-corrected chi connectivity index (χ1v) is 11.5. The molecule has 7 nitrogen and oxygen atoms in total. The topological polar surface area (TPSA) is 86.8 Å². The molecule has 0 radical (unpaired) electrons. The molecule has 1 fully saturated rings. The summed E-state index contributed by atoms with van der Waals surface area (Å²) in [5.74, 6) is -1.16. The van der Waals surface area contributed by atoms with Crippen molar-refractivity contribution in [2.45, 2.75) is 19.4 Å². The van der Waals surface area contributed by atoms with E-state index in [1.165, 1.54) is 6.07 Å². The lowest BCUT2D eigenvalue weighted by Crippen LogP contribution is -2.40. The van der Waals surface area contributed by atoms with E-state index in [0.29, 0.717) is 13.0 Å². The first kappa shape index (κ1) is 22.0. The molecule has 0 aliphatic carbocycles. The van der Waals surface area contributed by atoms with Crippen LogP contribution >= 0.6 is 11.6 Å². The monoisotopic (exact) mass is 453 g/mol. The molecule has 30 heavy (non-hydrogen) atoms. The predicted octanol–water partition coefficient (Wildman–Crippen LogP) is 2.69. The maximum Gasteiger partial charge on any atom is 0.241 e. The van der Waals surface area contributed by atoms with Gasteiger partial charge in [0.25, 0.3) is 0 Å². The molecule has 0 saturated carbocycles. The Balaban J connectivity index is 1.68. The van der Waals surface area contributed by atoms with Gasteiger partial charge >= 0.3 is 0 Å². The van der Waals surface area contributed by atoms with Crippen molar-refractivity contribution < 1.29 is 22.4 Å². The van der Waals surface area contributed by atoms with Crippen LogP contribution in [-0.2, 0) is 26.2 Å². The number of benzene rings is 2. The first-order valence-electron chi connectivity index (χ1n) is 9.24. The van der Waals surface area contributed by atoms with Gasteiger partial charge in [-0.2, -0.15) is 0 Å². The van der Waals surface area contributed by atoms with Gasteiger partial charge in [-0.05, 0) is 42.3 Å². The maximum absolute atomic E-state index is 13.4. The van der Waals surface area contributed by atoms with Crippen molar-refractivity contribution in [2.24, 2.45) is 0 Å². The molecule has 160 valence electrons. The molecule has 3 rings (SSSR count). The van der Waals surface area contributed by atoms with E-state index < -0.39 is 28.3 Å². The van der Waals surface area contributed by atoms with Crippen LogP contribution in [0.25, 0.3) is 0 Å². The van der Waals surface area contributed by atoms with Crippen molar-refractivity contribution in [3.05, 3.63) is 58.9 Å². The summed E-state index contributed by atoms with van der Waals surface area (Å²) in [6, 6.07) is 10.7. The quantitative estimate of drug-likeness (QED) is 0.698. The summed E-state index contributed by atoms with van der Waals surface area (Å²) in [7, 11) is -3.80. The van der Waals surface area contributed by atoms with Gasteiger partial charge in [-0.25, -0.2) is 12.8 Å². The zero-order valence-corrected chi connectivity index (χ0v) is 17.8. The van der Waals surface area contributed by atoms with Crippen LogP contribution in [0.4, 0.5) is 15.8 Å². The first-order chi connectivity index (χ1) is 14.1. The highest BCUT2D eigenvalue weighted by Crippen LogP contribution is 2.25. The molecule has 2 aromatic carbocycles. The predicted molar refractivity (Wildman–Crippen MR) is 113 cm³/mol. The Bertz CT molecular complexity index is 1080. The SMILES string of the molecule is CS(=O)(=O)N(CC(=O)NCc1cccc(N2CCCC2=O)c1)c1ccc(F)c(Cl)c1. The number of nitrogens with zero attached hydrogens (tertiary/aromatic N) is 2. The molecule has 10 heteroatoms. The van der Waals surface area contributed by atoms with E-state index in [4.69, 9.17) is 11.6 Å². The van der Waals surface area contributed by atoms with Gasteiger partial charge in [0.2, 0.25) is 21.8 Å². The second kappa shape index (κ2) is 9.01. The molecule has 0 bridgehead atoms. The van der Waals surface area contributed by atoms with Gasteiger partial charge < -0.3 is 10.2 Å². The van der Waals surface area contributed by atoms with Gasteiger partial charge in [-0.15, -0.1) is 0 Å². The lowest BCUT2D eigenvalue weighted by atomic mass is 10.2. The van der Waals surface area contributed by atoms with Gasteiger partial charge in [0.1, 0.15) is 12.4 Å². The number of rotatable bonds is 7. The Morgan fingerprint density at radius 3 is 2.67 bits per heavy atom. The minimum absolute atomic E-state index is 0.0675. The average molecular weight is 454 g/mol. The number of amides is 2. The fourth-order valence-corrected chi connectivity index (χ4v) is 4.21. The molecular formula is C20H21ClFN3O4S. The summed E-state index contributed by atoms with van der Waals surface area (Å²) in [5.41, 5.74) is 1.63. The van der Waals surface area contributed by atoms with Crippen molar-refractivity contribution in [3.63, 3.8) is 0 Å². The van der Waals surface area contributed by atoms with E-state index in [-0.39, 0.29) is 23.2 Å². The summed E-state index contributed by atoms with van der Waals surface area (Å²) in [4.78, 5) is 26.0. The second-order valence-electron chi connectivity index (χ2n) is 6.96. The van der Waals surface area contributed by atoms with Gasteiger partial charge in [0.05, 0.1) is 17.0 Å². The van der Waals surface area contributed by atoms with E-state index in [1.54, 1.807) is 17.0 Å². The fourth-order valence-electron chi connectivity index (χ4n) is 3.18. The van der Waals surface area contributed by atoms with Crippen LogP contribution in [0.2, 0.25) is 5.02 Å². The Hall–Kier alpha value is -2.65.